The van der Waals surface area contributed by atoms with Crippen LogP contribution < -0.4 is 10.6 Å². The maximum Gasteiger partial charge on any atom is 0.206 e. The molecule has 1 saturated heterocycles. The fourth-order valence-corrected chi connectivity index (χ4v) is 3.88. The molecule has 2 aromatic carbocycles. The Morgan fingerprint density at radius 2 is 1.85 bits per heavy atom. The number of piperidine rings is 1. The Hall–Kier alpha value is -2.60. The van der Waals surface area contributed by atoms with E-state index in [4.69, 9.17) is 10.7 Å². The Kier molecular flexibility index (Phi) is 4.74. The minimum Gasteiger partial charge on any atom is -0.399 e. The van der Waals surface area contributed by atoms with Gasteiger partial charge in [0, 0.05) is 18.8 Å². The number of imidazole rings is 1. The lowest BCUT2D eigenvalue weighted by atomic mass is 10.0. The lowest BCUT2D eigenvalue weighted by Crippen LogP contribution is -2.42. The van der Waals surface area contributed by atoms with Crippen LogP contribution in [0.15, 0.2) is 42.5 Å². The van der Waals surface area contributed by atoms with Gasteiger partial charge in [-0.3, -0.25) is 0 Å². The van der Waals surface area contributed by atoms with Gasteiger partial charge in [-0.1, -0.05) is 12.1 Å². The van der Waals surface area contributed by atoms with Crippen LogP contribution in [0, 0.1) is 5.82 Å². The molecule has 5 nitrogen and oxygen atoms in total. The quantitative estimate of drug-likeness (QED) is 0.719. The average molecular weight is 367 g/mol. The average Bonchev–Trinajstić information content (AvgIpc) is 3.01. The SMILES string of the molecule is CN1CCC(N(C)c2nc3cc(N)ccc3n2Cc2ccc(F)cc2)CC1. The zero-order valence-electron chi connectivity index (χ0n) is 15.9. The lowest BCUT2D eigenvalue weighted by Gasteiger charge is -2.35. The molecule has 1 aliphatic heterocycles. The van der Waals surface area contributed by atoms with Crippen molar-refractivity contribution in [1.29, 1.82) is 0 Å². The molecule has 4 rings (SSSR count). The third-order valence-corrected chi connectivity index (χ3v) is 5.56. The molecular formula is C21H26FN5. The molecule has 1 aromatic heterocycles. The molecule has 0 saturated carbocycles. The van der Waals surface area contributed by atoms with Gasteiger partial charge in [-0.25, -0.2) is 9.37 Å². The van der Waals surface area contributed by atoms with Crippen LogP contribution in [0.1, 0.15) is 18.4 Å². The Balaban J connectivity index is 1.73. The minimum absolute atomic E-state index is 0.217. The maximum atomic E-state index is 13.3. The van der Waals surface area contributed by atoms with Crippen molar-refractivity contribution in [1.82, 2.24) is 14.5 Å². The number of halogens is 1. The molecule has 0 atom stereocenters. The minimum atomic E-state index is -0.217. The number of nitrogens with zero attached hydrogens (tertiary/aromatic N) is 4. The number of hydrogen-bond donors (Lipinski definition) is 1. The maximum absolute atomic E-state index is 13.3. The van der Waals surface area contributed by atoms with E-state index in [1.165, 1.54) is 12.1 Å². The molecule has 0 aliphatic carbocycles. The number of fused-ring (bicyclic) bond motifs is 1. The summed E-state index contributed by atoms with van der Waals surface area (Å²) in [6.07, 6.45) is 2.24. The van der Waals surface area contributed by atoms with Crippen molar-refractivity contribution in [2.24, 2.45) is 0 Å². The third kappa shape index (κ3) is 3.62. The van der Waals surface area contributed by atoms with E-state index in [-0.39, 0.29) is 5.82 Å². The van der Waals surface area contributed by atoms with E-state index in [9.17, 15) is 4.39 Å². The fraction of sp³-hybridized carbons (Fsp3) is 0.381. The van der Waals surface area contributed by atoms with Crippen molar-refractivity contribution < 1.29 is 4.39 Å². The normalized spacial score (nSPS) is 16.1. The van der Waals surface area contributed by atoms with E-state index >= 15 is 0 Å². The van der Waals surface area contributed by atoms with E-state index in [2.05, 4.69) is 28.5 Å². The molecule has 3 aromatic rings. The van der Waals surface area contributed by atoms with Crippen molar-refractivity contribution in [2.75, 3.05) is 37.8 Å². The monoisotopic (exact) mass is 367 g/mol. The van der Waals surface area contributed by atoms with Gasteiger partial charge in [0.1, 0.15) is 5.82 Å². The van der Waals surface area contributed by atoms with E-state index in [0.29, 0.717) is 18.3 Å². The van der Waals surface area contributed by atoms with Crippen molar-refractivity contribution in [2.45, 2.75) is 25.4 Å². The second kappa shape index (κ2) is 7.19. The number of nitrogens with two attached hydrogens (primary N) is 1. The van der Waals surface area contributed by atoms with Gasteiger partial charge in [-0.05, 0) is 68.9 Å². The topological polar surface area (TPSA) is 50.3 Å². The van der Waals surface area contributed by atoms with E-state index < -0.39 is 0 Å². The summed E-state index contributed by atoms with van der Waals surface area (Å²) in [5, 5.41) is 0. The molecule has 0 radical (unpaired) electrons. The first-order valence-electron chi connectivity index (χ1n) is 9.43. The number of rotatable bonds is 4. The standard InChI is InChI=1S/C21H26FN5/c1-25-11-9-18(10-12-25)26(2)21-24-19-13-17(23)7-8-20(19)27(21)14-15-3-5-16(22)6-4-15/h3-8,13,18H,9-12,14,23H2,1-2H3. The molecule has 2 heterocycles. The summed E-state index contributed by atoms with van der Waals surface area (Å²) in [5.74, 6) is 0.722. The largest absolute Gasteiger partial charge is 0.399 e. The van der Waals surface area contributed by atoms with Crippen LogP contribution in [0.25, 0.3) is 11.0 Å². The molecule has 1 fully saturated rings. The van der Waals surface area contributed by atoms with Crippen molar-refractivity contribution in [3.05, 3.63) is 53.8 Å². The molecule has 2 N–H and O–H groups in total. The number of benzene rings is 2. The lowest BCUT2D eigenvalue weighted by molar-refractivity contribution is 0.251. The number of nitrogen functional groups attached to an aromatic ring is 1. The highest BCUT2D eigenvalue weighted by molar-refractivity contribution is 5.82. The molecule has 0 unspecified atom stereocenters. The van der Waals surface area contributed by atoms with Crippen LogP contribution in [0.3, 0.4) is 0 Å². The third-order valence-electron chi connectivity index (χ3n) is 5.56. The fourth-order valence-electron chi connectivity index (χ4n) is 3.88. The van der Waals surface area contributed by atoms with Crippen LogP contribution in [0.4, 0.5) is 16.0 Å². The second-order valence-electron chi connectivity index (χ2n) is 7.52. The van der Waals surface area contributed by atoms with E-state index in [0.717, 1.165) is 48.5 Å². The molecule has 0 bridgehead atoms. The molecular weight excluding hydrogens is 341 g/mol. The number of likely N-dealkylation sites (tertiary alicyclic amines) is 1. The molecule has 142 valence electrons. The van der Waals surface area contributed by atoms with Crippen LogP contribution in [0.2, 0.25) is 0 Å². The predicted octanol–water partition coefficient (Wildman–Crippen LogP) is 3.34. The van der Waals surface area contributed by atoms with Gasteiger partial charge >= 0.3 is 0 Å². The summed E-state index contributed by atoms with van der Waals surface area (Å²) in [7, 11) is 4.30. The Bertz CT molecular complexity index is 926. The van der Waals surface area contributed by atoms with Gasteiger partial charge in [-0.2, -0.15) is 0 Å². The van der Waals surface area contributed by atoms with Crippen molar-refractivity contribution >= 4 is 22.7 Å². The summed E-state index contributed by atoms with van der Waals surface area (Å²) >= 11 is 0. The first-order chi connectivity index (χ1) is 13.0. The van der Waals surface area contributed by atoms with E-state index in [1.807, 2.05) is 30.3 Å². The summed E-state index contributed by atoms with van der Waals surface area (Å²) < 4.78 is 15.5. The first kappa shape index (κ1) is 17.8. The first-order valence-corrected chi connectivity index (χ1v) is 9.43. The molecule has 0 spiro atoms. The number of hydrogen-bond acceptors (Lipinski definition) is 4. The zero-order valence-corrected chi connectivity index (χ0v) is 15.9. The Morgan fingerprint density at radius 3 is 2.56 bits per heavy atom. The van der Waals surface area contributed by atoms with Gasteiger partial charge in [0.2, 0.25) is 5.95 Å². The number of aromatic nitrogens is 2. The molecule has 6 heteroatoms. The molecule has 27 heavy (non-hydrogen) atoms. The summed E-state index contributed by atoms with van der Waals surface area (Å²) in [6.45, 7) is 2.84. The van der Waals surface area contributed by atoms with Crippen LogP contribution in [-0.2, 0) is 6.54 Å². The van der Waals surface area contributed by atoms with Gasteiger partial charge in [0.25, 0.3) is 0 Å². The highest BCUT2D eigenvalue weighted by atomic mass is 19.1. The molecule has 0 amide bonds. The van der Waals surface area contributed by atoms with Gasteiger partial charge < -0.3 is 20.1 Å². The predicted molar refractivity (Wildman–Crippen MR) is 109 cm³/mol. The summed E-state index contributed by atoms with van der Waals surface area (Å²) in [6, 6.07) is 13.0. The van der Waals surface area contributed by atoms with Gasteiger partial charge in [-0.15, -0.1) is 0 Å². The highest BCUT2D eigenvalue weighted by Crippen LogP contribution is 2.28. The van der Waals surface area contributed by atoms with Crippen LogP contribution >= 0.6 is 0 Å². The van der Waals surface area contributed by atoms with Crippen LogP contribution in [0.5, 0.6) is 0 Å². The molecule has 1 aliphatic rings. The number of anilines is 2. The Morgan fingerprint density at radius 1 is 1.15 bits per heavy atom. The smallest absolute Gasteiger partial charge is 0.206 e. The highest BCUT2D eigenvalue weighted by Gasteiger charge is 2.25. The summed E-state index contributed by atoms with van der Waals surface area (Å²) in [4.78, 5) is 9.57. The van der Waals surface area contributed by atoms with Gasteiger partial charge in [0.15, 0.2) is 0 Å². The summed E-state index contributed by atoms with van der Waals surface area (Å²) in [5.41, 5.74) is 9.67. The second-order valence-corrected chi connectivity index (χ2v) is 7.52. The Labute approximate surface area is 159 Å². The van der Waals surface area contributed by atoms with Gasteiger partial charge in [0.05, 0.1) is 17.6 Å². The van der Waals surface area contributed by atoms with E-state index in [1.54, 1.807) is 0 Å². The van der Waals surface area contributed by atoms with Crippen molar-refractivity contribution in [3.63, 3.8) is 0 Å². The zero-order chi connectivity index (χ0) is 19.0. The van der Waals surface area contributed by atoms with Crippen LogP contribution in [-0.4, -0.2) is 47.7 Å². The van der Waals surface area contributed by atoms with Crippen molar-refractivity contribution in [3.8, 4) is 0 Å².